The predicted octanol–water partition coefficient (Wildman–Crippen LogP) is 3.97. The Balaban J connectivity index is 1.99. The molecule has 132 valence electrons. The number of carbonyl (C=O) groups is 2. The quantitative estimate of drug-likeness (QED) is 0.513. The van der Waals surface area contributed by atoms with Crippen molar-refractivity contribution in [3.8, 4) is 0 Å². The van der Waals surface area contributed by atoms with E-state index < -0.39 is 5.97 Å². The largest absolute Gasteiger partial charge is 0.465 e. The summed E-state index contributed by atoms with van der Waals surface area (Å²) < 4.78 is 10.3. The van der Waals surface area contributed by atoms with Gasteiger partial charge >= 0.3 is 5.97 Å². The Kier molecular flexibility index (Phi) is 4.91. The molecular formula is C20H15ClO5. The predicted molar refractivity (Wildman–Crippen MR) is 98.0 cm³/mol. The summed E-state index contributed by atoms with van der Waals surface area (Å²) in [5.74, 6) is -0.935. The Morgan fingerprint density at radius 1 is 1.15 bits per heavy atom. The van der Waals surface area contributed by atoms with Gasteiger partial charge in [-0.1, -0.05) is 23.7 Å². The van der Waals surface area contributed by atoms with E-state index in [1.165, 1.54) is 13.2 Å². The summed E-state index contributed by atoms with van der Waals surface area (Å²) in [4.78, 5) is 36.5. The van der Waals surface area contributed by atoms with Crippen LogP contribution in [0.1, 0.15) is 32.0 Å². The van der Waals surface area contributed by atoms with E-state index in [2.05, 4.69) is 0 Å². The van der Waals surface area contributed by atoms with E-state index >= 15 is 0 Å². The molecule has 2 aromatic carbocycles. The van der Waals surface area contributed by atoms with Crippen LogP contribution in [-0.4, -0.2) is 18.9 Å². The maximum Gasteiger partial charge on any atom is 0.337 e. The van der Waals surface area contributed by atoms with Crippen LogP contribution < -0.4 is 5.43 Å². The number of carbonyl (C=O) groups excluding carboxylic acids is 2. The second-order valence-corrected chi connectivity index (χ2v) is 6.23. The summed E-state index contributed by atoms with van der Waals surface area (Å²) in [6.45, 7) is 1.83. The highest BCUT2D eigenvalue weighted by Gasteiger charge is 2.17. The Morgan fingerprint density at radius 2 is 1.92 bits per heavy atom. The molecule has 3 aromatic rings. The zero-order valence-electron chi connectivity index (χ0n) is 14.2. The van der Waals surface area contributed by atoms with Crippen LogP contribution in [-0.2, 0) is 11.2 Å². The van der Waals surface area contributed by atoms with Crippen molar-refractivity contribution in [1.29, 1.82) is 0 Å². The molecule has 1 aromatic heterocycles. The molecule has 6 heteroatoms. The van der Waals surface area contributed by atoms with E-state index in [1.54, 1.807) is 36.4 Å². The van der Waals surface area contributed by atoms with E-state index in [0.717, 1.165) is 5.56 Å². The molecule has 5 nitrogen and oxygen atoms in total. The molecule has 0 atom stereocenters. The lowest BCUT2D eigenvalue weighted by Gasteiger charge is -2.08. The zero-order chi connectivity index (χ0) is 18.8. The summed E-state index contributed by atoms with van der Waals surface area (Å²) in [7, 11) is 1.29. The number of benzene rings is 2. The normalized spacial score (nSPS) is 10.7. The number of hydrogen-bond donors (Lipinski definition) is 0. The van der Waals surface area contributed by atoms with Gasteiger partial charge in [-0.3, -0.25) is 9.59 Å². The second kappa shape index (κ2) is 7.14. The number of ether oxygens (including phenoxy) is 1. The van der Waals surface area contributed by atoms with Gasteiger partial charge in [0.05, 0.1) is 23.1 Å². The number of fused-ring (bicyclic) bond motifs is 1. The van der Waals surface area contributed by atoms with E-state index in [9.17, 15) is 14.4 Å². The van der Waals surface area contributed by atoms with Crippen LogP contribution in [0, 0.1) is 6.92 Å². The molecule has 0 saturated carbocycles. The number of Topliss-reactive ketones (excluding diaryl/α,β-unsaturated/α-hetero) is 1. The van der Waals surface area contributed by atoms with Crippen LogP contribution in [0.4, 0.5) is 0 Å². The first-order chi connectivity index (χ1) is 12.4. The van der Waals surface area contributed by atoms with Crippen LogP contribution in [0.15, 0.2) is 51.7 Å². The molecule has 0 aliphatic heterocycles. The van der Waals surface area contributed by atoms with E-state index in [1.807, 2.05) is 6.92 Å². The van der Waals surface area contributed by atoms with Gasteiger partial charge in [0.1, 0.15) is 0 Å². The molecule has 0 unspecified atom stereocenters. The maximum atomic E-state index is 12.6. The molecule has 0 aliphatic carbocycles. The first-order valence-electron chi connectivity index (χ1n) is 7.84. The van der Waals surface area contributed by atoms with Gasteiger partial charge in [0, 0.05) is 12.5 Å². The van der Waals surface area contributed by atoms with Gasteiger partial charge in [0.25, 0.3) is 0 Å². The van der Waals surface area contributed by atoms with E-state index in [4.69, 9.17) is 20.8 Å². The topological polar surface area (TPSA) is 73.6 Å². The smallest absolute Gasteiger partial charge is 0.337 e. The molecule has 1 heterocycles. The third-order valence-corrected chi connectivity index (χ3v) is 4.40. The van der Waals surface area contributed by atoms with Crippen molar-refractivity contribution < 1.29 is 18.7 Å². The first kappa shape index (κ1) is 17.9. The summed E-state index contributed by atoms with van der Waals surface area (Å²) in [5.41, 5.74) is 1.69. The average Bonchev–Trinajstić information content (AvgIpc) is 2.63. The monoisotopic (exact) mass is 370 g/mol. The fourth-order valence-corrected chi connectivity index (χ4v) is 2.86. The van der Waals surface area contributed by atoms with Crippen molar-refractivity contribution in [3.05, 3.63) is 80.2 Å². The van der Waals surface area contributed by atoms with Crippen LogP contribution in [0.3, 0.4) is 0 Å². The minimum atomic E-state index is -0.484. The van der Waals surface area contributed by atoms with Crippen molar-refractivity contribution in [2.75, 3.05) is 7.11 Å². The molecule has 0 fully saturated rings. The molecule has 3 rings (SSSR count). The molecule has 0 saturated heterocycles. The Morgan fingerprint density at radius 3 is 2.65 bits per heavy atom. The number of hydrogen-bond acceptors (Lipinski definition) is 5. The van der Waals surface area contributed by atoms with Crippen LogP contribution in [0.2, 0.25) is 5.02 Å². The first-order valence-corrected chi connectivity index (χ1v) is 8.22. The molecule has 0 amide bonds. The van der Waals surface area contributed by atoms with Gasteiger partial charge in [-0.15, -0.1) is 0 Å². The van der Waals surface area contributed by atoms with Crippen molar-refractivity contribution in [3.63, 3.8) is 0 Å². The average molecular weight is 371 g/mol. The van der Waals surface area contributed by atoms with Gasteiger partial charge in [0.15, 0.2) is 16.8 Å². The molecule has 0 radical (unpaired) electrons. The minimum Gasteiger partial charge on any atom is -0.465 e. The third-order valence-electron chi connectivity index (χ3n) is 4.10. The fraction of sp³-hybridized carbons (Fsp3) is 0.150. The summed E-state index contributed by atoms with van der Waals surface area (Å²) in [6, 6.07) is 11.0. The summed E-state index contributed by atoms with van der Waals surface area (Å²) >= 11 is 6.07. The van der Waals surface area contributed by atoms with Gasteiger partial charge in [-0.25, -0.2) is 4.79 Å². The number of aryl methyl sites for hydroxylation is 1. The number of halogens is 1. The van der Waals surface area contributed by atoms with E-state index in [0.29, 0.717) is 16.5 Å². The van der Waals surface area contributed by atoms with Crippen molar-refractivity contribution >= 4 is 34.3 Å². The fourth-order valence-electron chi connectivity index (χ4n) is 2.65. The number of para-hydroxylation sites is 1. The minimum absolute atomic E-state index is 0.0183. The number of rotatable bonds is 4. The highest BCUT2D eigenvalue weighted by Crippen LogP contribution is 2.23. The van der Waals surface area contributed by atoms with Gasteiger partial charge in [-0.05, 0) is 42.3 Å². The van der Waals surface area contributed by atoms with Gasteiger partial charge in [-0.2, -0.15) is 0 Å². The SMILES string of the molecule is COC(=O)c1ccc(C)c(CC(=O)c2cc(=O)c3cccc(Cl)c3o2)c1. The molecule has 0 aliphatic rings. The standard InChI is InChI=1S/C20H15ClO5/c1-11-6-7-12(20(24)25-2)8-13(11)9-17(23)18-10-16(22)14-4-3-5-15(21)19(14)26-18/h3-8,10H,9H2,1-2H3. The van der Waals surface area contributed by atoms with Gasteiger partial charge in [0.2, 0.25) is 5.78 Å². The highest BCUT2D eigenvalue weighted by molar-refractivity contribution is 6.34. The summed E-state index contributed by atoms with van der Waals surface area (Å²) in [6.07, 6.45) is -0.0183. The summed E-state index contributed by atoms with van der Waals surface area (Å²) in [5, 5.41) is 0.580. The molecule has 0 bridgehead atoms. The lowest BCUT2D eigenvalue weighted by molar-refractivity contribution is 0.0600. The van der Waals surface area contributed by atoms with Crippen LogP contribution >= 0.6 is 11.6 Å². The number of ketones is 1. The van der Waals surface area contributed by atoms with Crippen LogP contribution in [0.5, 0.6) is 0 Å². The molecule has 0 N–H and O–H groups in total. The van der Waals surface area contributed by atoms with Crippen molar-refractivity contribution in [2.24, 2.45) is 0 Å². The maximum absolute atomic E-state index is 12.6. The molecule has 0 spiro atoms. The Labute approximate surface area is 154 Å². The van der Waals surface area contributed by atoms with Crippen molar-refractivity contribution in [1.82, 2.24) is 0 Å². The third kappa shape index (κ3) is 3.39. The lowest BCUT2D eigenvalue weighted by atomic mass is 9.99. The lowest BCUT2D eigenvalue weighted by Crippen LogP contribution is -2.11. The van der Waals surface area contributed by atoms with E-state index in [-0.39, 0.29) is 34.0 Å². The highest BCUT2D eigenvalue weighted by atomic mass is 35.5. The molecular weight excluding hydrogens is 356 g/mol. The van der Waals surface area contributed by atoms with Crippen LogP contribution in [0.25, 0.3) is 11.0 Å². The van der Waals surface area contributed by atoms with Crippen molar-refractivity contribution in [2.45, 2.75) is 13.3 Å². The van der Waals surface area contributed by atoms with Gasteiger partial charge < -0.3 is 9.15 Å². The second-order valence-electron chi connectivity index (χ2n) is 5.82. The number of esters is 1. The molecule has 26 heavy (non-hydrogen) atoms. The Bertz CT molecular complexity index is 1080. The number of methoxy groups -OCH3 is 1. The Hall–Kier alpha value is -2.92. The zero-order valence-corrected chi connectivity index (χ0v) is 14.9.